The van der Waals surface area contributed by atoms with E-state index in [1.165, 1.54) is 0 Å². The molecule has 178 valence electrons. The molecular formula is C26H29N3O4S. The van der Waals surface area contributed by atoms with Gasteiger partial charge in [-0.25, -0.2) is 8.42 Å². The smallest absolute Gasteiger partial charge is 0.253 e. The molecule has 1 atom stereocenters. The second-order valence-corrected chi connectivity index (χ2v) is 10.2. The summed E-state index contributed by atoms with van der Waals surface area (Å²) in [7, 11) is -3.72. The van der Waals surface area contributed by atoms with Crippen molar-refractivity contribution < 1.29 is 18.0 Å². The largest absolute Gasteiger partial charge is 0.345 e. The Hall–Kier alpha value is -3.65. The van der Waals surface area contributed by atoms with E-state index in [0.717, 1.165) is 27.3 Å². The Kier molecular flexibility index (Phi) is 7.73. The van der Waals surface area contributed by atoms with E-state index < -0.39 is 22.5 Å². The summed E-state index contributed by atoms with van der Waals surface area (Å²) in [4.78, 5) is 25.8. The second kappa shape index (κ2) is 10.5. The Morgan fingerprint density at radius 3 is 2.12 bits per heavy atom. The van der Waals surface area contributed by atoms with Crippen LogP contribution >= 0.6 is 0 Å². The van der Waals surface area contributed by atoms with Gasteiger partial charge in [-0.15, -0.1) is 0 Å². The molecule has 0 unspecified atom stereocenters. The molecule has 0 saturated heterocycles. The quantitative estimate of drug-likeness (QED) is 0.506. The highest BCUT2D eigenvalue weighted by Crippen LogP contribution is 2.22. The number of anilines is 2. The molecule has 7 nitrogen and oxygen atoms in total. The lowest BCUT2D eigenvalue weighted by Crippen LogP contribution is -2.38. The van der Waals surface area contributed by atoms with Crippen LogP contribution in [0.5, 0.6) is 0 Å². The molecule has 0 aliphatic heterocycles. The first-order valence-corrected chi connectivity index (χ1v) is 12.7. The highest BCUT2D eigenvalue weighted by Gasteiger charge is 2.23. The van der Waals surface area contributed by atoms with Gasteiger partial charge < -0.3 is 10.6 Å². The number of aryl methyl sites for hydroxylation is 2. The van der Waals surface area contributed by atoms with Crippen molar-refractivity contribution in [3.63, 3.8) is 0 Å². The van der Waals surface area contributed by atoms with Crippen molar-refractivity contribution in [2.24, 2.45) is 0 Å². The minimum atomic E-state index is -3.72. The number of carbonyl (C=O) groups excluding carboxylic acids is 2. The number of nitrogens with zero attached hydrogens (tertiary/aromatic N) is 1. The molecule has 34 heavy (non-hydrogen) atoms. The fourth-order valence-electron chi connectivity index (χ4n) is 3.70. The zero-order valence-electron chi connectivity index (χ0n) is 19.7. The average Bonchev–Trinajstić information content (AvgIpc) is 2.77. The third-order valence-electron chi connectivity index (χ3n) is 5.27. The van der Waals surface area contributed by atoms with Crippen molar-refractivity contribution in [3.8, 4) is 0 Å². The number of amides is 2. The molecule has 2 N–H and O–H groups in total. The molecular weight excluding hydrogens is 450 g/mol. The zero-order valence-corrected chi connectivity index (χ0v) is 20.5. The van der Waals surface area contributed by atoms with Crippen molar-refractivity contribution in [1.29, 1.82) is 0 Å². The highest BCUT2D eigenvalue weighted by molar-refractivity contribution is 7.92. The van der Waals surface area contributed by atoms with Crippen LogP contribution in [-0.2, 0) is 14.8 Å². The molecule has 2 amide bonds. The summed E-state index contributed by atoms with van der Waals surface area (Å²) in [5.41, 5.74) is 3.74. The van der Waals surface area contributed by atoms with Crippen LogP contribution in [0.25, 0.3) is 0 Å². The topological polar surface area (TPSA) is 95.6 Å². The molecule has 0 aliphatic carbocycles. The van der Waals surface area contributed by atoms with Crippen LogP contribution in [0.1, 0.15) is 40.0 Å². The SMILES string of the molecule is Cc1cc(C)cc(N(CC(=O)Nc2ccccc2C(=O)N[C@H](C)c2ccccc2)S(C)(=O)=O)c1. The Morgan fingerprint density at radius 2 is 1.50 bits per heavy atom. The van der Waals surface area contributed by atoms with Gasteiger partial charge in [0.25, 0.3) is 5.91 Å². The summed E-state index contributed by atoms with van der Waals surface area (Å²) in [6, 6.07) is 21.3. The lowest BCUT2D eigenvalue weighted by atomic mass is 10.1. The van der Waals surface area contributed by atoms with Crippen LogP contribution in [0.3, 0.4) is 0 Å². The molecule has 0 bridgehead atoms. The van der Waals surface area contributed by atoms with Crippen LogP contribution in [0.15, 0.2) is 72.8 Å². The summed E-state index contributed by atoms with van der Waals surface area (Å²) in [5.74, 6) is -0.900. The summed E-state index contributed by atoms with van der Waals surface area (Å²) in [6.45, 7) is 5.19. The number of rotatable bonds is 8. The first-order valence-electron chi connectivity index (χ1n) is 10.9. The predicted molar refractivity (Wildman–Crippen MR) is 136 cm³/mol. The van der Waals surface area contributed by atoms with Crippen molar-refractivity contribution in [2.45, 2.75) is 26.8 Å². The van der Waals surface area contributed by atoms with Gasteiger partial charge in [-0.3, -0.25) is 13.9 Å². The van der Waals surface area contributed by atoms with Gasteiger partial charge in [0.15, 0.2) is 0 Å². The van der Waals surface area contributed by atoms with E-state index in [4.69, 9.17) is 0 Å². The van der Waals surface area contributed by atoms with E-state index in [1.807, 2.05) is 57.2 Å². The summed E-state index contributed by atoms with van der Waals surface area (Å²) >= 11 is 0. The number of nitrogens with one attached hydrogen (secondary N) is 2. The molecule has 3 aromatic rings. The molecule has 8 heteroatoms. The van der Waals surface area contributed by atoms with Crippen LogP contribution in [0.2, 0.25) is 0 Å². The van der Waals surface area contributed by atoms with Gasteiger partial charge in [-0.1, -0.05) is 48.5 Å². The maximum Gasteiger partial charge on any atom is 0.253 e. The number of hydrogen-bond acceptors (Lipinski definition) is 4. The predicted octanol–water partition coefficient (Wildman–Crippen LogP) is 4.20. The van der Waals surface area contributed by atoms with Crippen LogP contribution in [0.4, 0.5) is 11.4 Å². The van der Waals surface area contributed by atoms with Crippen molar-refractivity contribution in [2.75, 3.05) is 22.4 Å². The molecule has 0 aromatic heterocycles. The van der Waals surface area contributed by atoms with Crippen LogP contribution < -0.4 is 14.9 Å². The first-order chi connectivity index (χ1) is 16.0. The van der Waals surface area contributed by atoms with E-state index >= 15 is 0 Å². The van der Waals surface area contributed by atoms with Gasteiger partial charge in [-0.05, 0) is 61.7 Å². The Morgan fingerprint density at radius 1 is 0.912 bits per heavy atom. The first kappa shape index (κ1) is 25.0. The Labute approximate surface area is 200 Å². The lowest BCUT2D eigenvalue weighted by Gasteiger charge is -2.23. The fraction of sp³-hybridized carbons (Fsp3) is 0.231. The zero-order chi connectivity index (χ0) is 24.9. The van der Waals surface area contributed by atoms with Gasteiger partial charge in [0.1, 0.15) is 6.54 Å². The van der Waals surface area contributed by atoms with E-state index in [1.54, 1.807) is 36.4 Å². The normalized spacial score (nSPS) is 12.0. The molecule has 3 rings (SSSR count). The van der Waals surface area contributed by atoms with Crippen LogP contribution in [-0.4, -0.2) is 33.0 Å². The van der Waals surface area contributed by atoms with Gasteiger partial charge in [-0.2, -0.15) is 0 Å². The van der Waals surface area contributed by atoms with E-state index in [-0.39, 0.29) is 17.5 Å². The minimum Gasteiger partial charge on any atom is -0.345 e. The molecule has 0 heterocycles. The highest BCUT2D eigenvalue weighted by atomic mass is 32.2. The Bertz CT molecular complexity index is 1270. The molecule has 0 saturated carbocycles. The van der Waals surface area contributed by atoms with Crippen molar-refractivity contribution >= 4 is 33.2 Å². The summed E-state index contributed by atoms with van der Waals surface area (Å²) in [5, 5.41) is 5.63. The summed E-state index contributed by atoms with van der Waals surface area (Å²) < 4.78 is 26.0. The minimum absolute atomic E-state index is 0.234. The molecule has 0 radical (unpaired) electrons. The average molecular weight is 480 g/mol. The maximum atomic E-state index is 12.9. The number of sulfonamides is 1. The summed E-state index contributed by atoms with van der Waals surface area (Å²) in [6.07, 6.45) is 1.06. The van der Waals surface area contributed by atoms with Crippen molar-refractivity contribution in [3.05, 3.63) is 95.1 Å². The number of para-hydroxylation sites is 1. The van der Waals surface area contributed by atoms with Gasteiger partial charge >= 0.3 is 0 Å². The molecule has 0 spiro atoms. The van der Waals surface area contributed by atoms with Gasteiger partial charge in [0, 0.05) is 0 Å². The maximum absolute atomic E-state index is 12.9. The number of carbonyl (C=O) groups is 2. The molecule has 0 fully saturated rings. The fourth-order valence-corrected chi connectivity index (χ4v) is 4.54. The monoisotopic (exact) mass is 479 g/mol. The van der Waals surface area contributed by atoms with E-state index in [0.29, 0.717) is 11.4 Å². The third-order valence-corrected chi connectivity index (χ3v) is 6.42. The second-order valence-electron chi connectivity index (χ2n) is 8.32. The molecule has 0 aliphatic rings. The van der Waals surface area contributed by atoms with Gasteiger partial charge in [0.2, 0.25) is 15.9 Å². The van der Waals surface area contributed by atoms with Gasteiger partial charge in [0.05, 0.1) is 29.2 Å². The number of hydrogen-bond donors (Lipinski definition) is 2. The standard InChI is InChI=1S/C26H29N3O4S/c1-18-14-19(2)16-22(15-18)29(34(4,32)33)17-25(30)28-24-13-9-8-12-23(24)26(31)27-20(3)21-10-6-5-7-11-21/h5-16,20H,17H2,1-4H3,(H,27,31)(H,28,30)/t20-/m1/s1. The van der Waals surface area contributed by atoms with E-state index in [9.17, 15) is 18.0 Å². The lowest BCUT2D eigenvalue weighted by molar-refractivity contribution is -0.114. The van der Waals surface area contributed by atoms with Crippen LogP contribution in [0, 0.1) is 13.8 Å². The Balaban J connectivity index is 1.78. The van der Waals surface area contributed by atoms with Crippen molar-refractivity contribution in [1.82, 2.24) is 5.32 Å². The number of benzene rings is 3. The molecule has 3 aromatic carbocycles. The van der Waals surface area contributed by atoms with E-state index in [2.05, 4.69) is 10.6 Å². The third kappa shape index (κ3) is 6.45.